The van der Waals surface area contributed by atoms with E-state index in [0.717, 1.165) is 11.3 Å². The second-order valence-corrected chi connectivity index (χ2v) is 6.25. The number of amides is 2. The minimum absolute atomic E-state index is 0.145. The third kappa shape index (κ3) is 3.62. The molecule has 0 saturated carbocycles. The molecule has 2 aromatic carbocycles. The highest BCUT2D eigenvalue weighted by Crippen LogP contribution is 2.22. The van der Waals surface area contributed by atoms with Crippen molar-refractivity contribution < 1.29 is 9.18 Å². The number of anilines is 2. The van der Waals surface area contributed by atoms with E-state index in [1.807, 2.05) is 24.0 Å². The number of nitrogens with zero attached hydrogens (tertiary/aromatic N) is 2. The molecule has 0 unspecified atom stereocenters. The van der Waals surface area contributed by atoms with Gasteiger partial charge in [0.1, 0.15) is 5.82 Å². The Morgan fingerprint density at radius 3 is 2.50 bits per heavy atom. The number of aryl methyl sites for hydroxylation is 1. The Hall–Kier alpha value is -2.27. The number of carbonyl (C=O) groups excluding carboxylic acids is 1. The number of hydrogen-bond acceptors (Lipinski definition) is 2. The van der Waals surface area contributed by atoms with Crippen LogP contribution in [0.15, 0.2) is 42.5 Å². The number of carbonyl (C=O) groups is 1. The zero-order valence-electron chi connectivity index (χ0n) is 13.4. The van der Waals surface area contributed by atoms with Crippen molar-refractivity contribution in [1.82, 2.24) is 4.90 Å². The van der Waals surface area contributed by atoms with Gasteiger partial charge in [0.15, 0.2) is 0 Å². The van der Waals surface area contributed by atoms with Crippen molar-refractivity contribution in [2.75, 3.05) is 36.4 Å². The van der Waals surface area contributed by atoms with E-state index in [9.17, 15) is 9.18 Å². The van der Waals surface area contributed by atoms with Crippen LogP contribution in [0.3, 0.4) is 0 Å². The Bertz CT molecular complexity index is 745. The van der Waals surface area contributed by atoms with Crippen LogP contribution >= 0.6 is 11.6 Å². The van der Waals surface area contributed by atoms with Gasteiger partial charge in [-0.2, -0.15) is 0 Å². The summed E-state index contributed by atoms with van der Waals surface area (Å²) in [6.45, 7) is 4.21. The van der Waals surface area contributed by atoms with Gasteiger partial charge in [0.25, 0.3) is 0 Å². The van der Waals surface area contributed by atoms with Gasteiger partial charge in [-0.1, -0.05) is 23.7 Å². The van der Waals surface area contributed by atoms with Crippen LogP contribution < -0.4 is 10.2 Å². The normalized spacial score (nSPS) is 14.6. The van der Waals surface area contributed by atoms with Crippen LogP contribution in [-0.4, -0.2) is 37.1 Å². The molecule has 1 heterocycles. The summed E-state index contributed by atoms with van der Waals surface area (Å²) >= 11 is 5.93. The Morgan fingerprint density at radius 1 is 1.12 bits per heavy atom. The first-order valence-corrected chi connectivity index (χ1v) is 8.24. The lowest BCUT2D eigenvalue weighted by Crippen LogP contribution is -2.50. The van der Waals surface area contributed by atoms with Gasteiger partial charge in [-0.25, -0.2) is 9.18 Å². The first kappa shape index (κ1) is 16.6. The van der Waals surface area contributed by atoms with Crippen LogP contribution in [0.5, 0.6) is 0 Å². The van der Waals surface area contributed by atoms with Crippen LogP contribution in [0.4, 0.5) is 20.6 Å². The van der Waals surface area contributed by atoms with Crippen molar-refractivity contribution in [3.8, 4) is 0 Å². The Kier molecular flexibility index (Phi) is 4.90. The summed E-state index contributed by atoms with van der Waals surface area (Å²) < 4.78 is 13.8. The van der Waals surface area contributed by atoms with E-state index >= 15 is 0 Å². The molecule has 1 N–H and O–H groups in total. The van der Waals surface area contributed by atoms with Crippen molar-refractivity contribution >= 4 is 29.0 Å². The highest BCUT2D eigenvalue weighted by molar-refractivity contribution is 6.30. The maximum absolute atomic E-state index is 13.8. The smallest absolute Gasteiger partial charge is 0.321 e. The molecule has 0 aliphatic carbocycles. The largest absolute Gasteiger partial charge is 0.366 e. The number of rotatable bonds is 2. The second kappa shape index (κ2) is 7.09. The molecule has 1 fully saturated rings. The zero-order chi connectivity index (χ0) is 17.1. The quantitative estimate of drug-likeness (QED) is 0.886. The van der Waals surface area contributed by atoms with Gasteiger partial charge in [-0.3, -0.25) is 0 Å². The predicted octanol–water partition coefficient (Wildman–Crippen LogP) is 4.14. The molecule has 0 radical (unpaired) electrons. The van der Waals surface area contributed by atoms with Gasteiger partial charge in [0, 0.05) is 36.9 Å². The lowest BCUT2D eigenvalue weighted by Gasteiger charge is -2.36. The summed E-state index contributed by atoms with van der Waals surface area (Å²) in [4.78, 5) is 16.1. The van der Waals surface area contributed by atoms with Crippen molar-refractivity contribution in [2.45, 2.75) is 6.92 Å². The van der Waals surface area contributed by atoms with Gasteiger partial charge < -0.3 is 15.1 Å². The van der Waals surface area contributed by atoms with E-state index in [1.165, 1.54) is 6.07 Å². The third-order valence-electron chi connectivity index (χ3n) is 4.19. The number of halogens is 2. The minimum atomic E-state index is -0.229. The van der Waals surface area contributed by atoms with Crippen molar-refractivity contribution in [2.24, 2.45) is 0 Å². The summed E-state index contributed by atoms with van der Waals surface area (Å²) in [5, 5.41) is 3.55. The summed E-state index contributed by atoms with van der Waals surface area (Å²) in [6, 6.07) is 11.9. The number of hydrogen-bond donors (Lipinski definition) is 1. The first-order chi connectivity index (χ1) is 11.5. The fourth-order valence-corrected chi connectivity index (χ4v) is 3.05. The topological polar surface area (TPSA) is 35.6 Å². The summed E-state index contributed by atoms with van der Waals surface area (Å²) in [6.07, 6.45) is 0. The summed E-state index contributed by atoms with van der Waals surface area (Å²) in [7, 11) is 0. The van der Waals surface area contributed by atoms with Gasteiger partial charge in [-0.05, 0) is 42.8 Å². The maximum atomic E-state index is 13.8. The number of para-hydroxylation sites is 1. The standard InChI is InChI=1S/C18H19ClFN3O/c1-13-12-14(19)6-7-16(13)21-18(24)23-10-8-22(9-11-23)17-5-3-2-4-15(17)20/h2-7,12H,8-11H2,1H3,(H,21,24). The number of urea groups is 1. The van der Waals surface area contributed by atoms with E-state index in [2.05, 4.69) is 5.32 Å². The average molecular weight is 348 g/mol. The molecule has 126 valence electrons. The van der Waals surface area contributed by atoms with Crippen LogP contribution in [0, 0.1) is 12.7 Å². The predicted molar refractivity (Wildman–Crippen MR) is 95.4 cm³/mol. The SMILES string of the molecule is Cc1cc(Cl)ccc1NC(=O)N1CCN(c2ccccc2F)CC1. The molecular weight excluding hydrogens is 329 g/mol. The molecular formula is C18H19ClFN3O. The Labute approximate surface area is 145 Å². The molecule has 0 atom stereocenters. The molecule has 1 saturated heterocycles. The van der Waals surface area contributed by atoms with Crippen LogP contribution in [0.25, 0.3) is 0 Å². The number of piperazine rings is 1. The van der Waals surface area contributed by atoms with Gasteiger partial charge >= 0.3 is 6.03 Å². The van der Waals surface area contributed by atoms with Crippen molar-refractivity contribution in [3.05, 3.63) is 58.9 Å². The van der Waals surface area contributed by atoms with E-state index in [0.29, 0.717) is 36.9 Å². The molecule has 0 bridgehead atoms. The molecule has 1 aliphatic heterocycles. The molecule has 4 nitrogen and oxygen atoms in total. The lowest BCUT2D eigenvalue weighted by molar-refractivity contribution is 0.208. The Balaban J connectivity index is 1.60. The number of benzene rings is 2. The molecule has 0 spiro atoms. The third-order valence-corrected chi connectivity index (χ3v) is 4.43. The zero-order valence-corrected chi connectivity index (χ0v) is 14.2. The molecule has 2 aromatic rings. The molecule has 2 amide bonds. The van der Waals surface area contributed by atoms with E-state index in [-0.39, 0.29) is 11.8 Å². The fraction of sp³-hybridized carbons (Fsp3) is 0.278. The van der Waals surface area contributed by atoms with Gasteiger partial charge in [-0.15, -0.1) is 0 Å². The van der Waals surface area contributed by atoms with Crippen LogP contribution in [-0.2, 0) is 0 Å². The monoisotopic (exact) mass is 347 g/mol. The highest BCUT2D eigenvalue weighted by atomic mass is 35.5. The minimum Gasteiger partial charge on any atom is -0.366 e. The second-order valence-electron chi connectivity index (χ2n) is 5.81. The van der Waals surface area contributed by atoms with Gasteiger partial charge in [0.2, 0.25) is 0 Å². The molecule has 1 aliphatic rings. The molecule has 3 rings (SSSR count). The van der Waals surface area contributed by atoms with E-state index in [4.69, 9.17) is 11.6 Å². The van der Waals surface area contributed by atoms with E-state index in [1.54, 1.807) is 29.2 Å². The van der Waals surface area contributed by atoms with Crippen LogP contribution in [0.1, 0.15) is 5.56 Å². The fourth-order valence-electron chi connectivity index (χ4n) is 2.82. The molecule has 6 heteroatoms. The molecule has 24 heavy (non-hydrogen) atoms. The number of nitrogens with one attached hydrogen (secondary N) is 1. The maximum Gasteiger partial charge on any atom is 0.321 e. The highest BCUT2D eigenvalue weighted by Gasteiger charge is 2.22. The van der Waals surface area contributed by atoms with E-state index < -0.39 is 0 Å². The molecule has 0 aromatic heterocycles. The summed E-state index contributed by atoms with van der Waals surface area (Å²) in [5.74, 6) is -0.229. The Morgan fingerprint density at radius 2 is 1.83 bits per heavy atom. The lowest BCUT2D eigenvalue weighted by atomic mass is 10.2. The first-order valence-electron chi connectivity index (χ1n) is 7.86. The summed E-state index contributed by atoms with van der Waals surface area (Å²) in [5.41, 5.74) is 2.26. The van der Waals surface area contributed by atoms with Gasteiger partial charge in [0.05, 0.1) is 5.69 Å². The van der Waals surface area contributed by atoms with Crippen molar-refractivity contribution in [3.63, 3.8) is 0 Å². The average Bonchev–Trinajstić information content (AvgIpc) is 2.58. The van der Waals surface area contributed by atoms with Crippen molar-refractivity contribution in [1.29, 1.82) is 0 Å². The van der Waals surface area contributed by atoms with Crippen LogP contribution in [0.2, 0.25) is 5.02 Å².